The van der Waals surface area contributed by atoms with Gasteiger partial charge in [-0.2, -0.15) is 0 Å². The van der Waals surface area contributed by atoms with Gasteiger partial charge in [0.15, 0.2) is 6.23 Å². The monoisotopic (exact) mass is 413 g/mol. The second-order valence-corrected chi connectivity index (χ2v) is 7.95. The Balaban J connectivity index is 1.75. The van der Waals surface area contributed by atoms with Crippen LogP contribution in [0.4, 0.5) is 0 Å². The van der Waals surface area contributed by atoms with Crippen molar-refractivity contribution in [1.82, 2.24) is 4.57 Å². The lowest BCUT2D eigenvalue weighted by Gasteiger charge is -2.40. The van der Waals surface area contributed by atoms with Crippen molar-refractivity contribution < 1.29 is 30.3 Å². The molecule has 7 nitrogen and oxygen atoms in total. The molecule has 1 fully saturated rings. The summed E-state index contributed by atoms with van der Waals surface area (Å²) in [6, 6.07) is 13.7. The molecule has 4 rings (SSSR count). The highest BCUT2D eigenvalue weighted by Gasteiger charge is 2.44. The number of aryl methyl sites for hydroxylation is 1. The molecule has 5 atom stereocenters. The van der Waals surface area contributed by atoms with E-state index in [-0.39, 0.29) is 6.61 Å². The van der Waals surface area contributed by atoms with Crippen LogP contribution in [-0.2, 0) is 17.8 Å². The number of hydrogen-bond acceptors (Lipinski definition) is 6. The molecule has 5 N–H and O–H groups in total. The van der Waals surface area contributed by atoms with Gasteiger partial charge in [-0.05, 0) is 41.7 Å². The normalized spacial score (nSPS) is 26.9. The highest BCUT2D eigenvalue weighted by Crippen LogP contribution is 2.34. The predicted molar refractivity (Wildman–Crippen MR) is 111 cm³/mol. The van der Waals surface area contributed by atoms with Crippen LogP contribution in [0.3, 0.4) is 0 Å². The van der Waals surface area contributed by atoms with Gasteiger partial charge in [0.25, 0.3) is 0 Å². The summed E-state index contributed by atoms with van der Waals surface area (Å²) in [5, 5.41) is 50.7. The minimum Gasteiger partial charge on any atom is -0.394 e. The molecule has 0 radical (unpaired) electrons. The molecule has 30 heavy (non-hydrogen) atoms. The average Bonchev–Trinajstić information content (AvgIpc) is 3.10. The Hall–Kier alpha value is -2.26. The number of benzene rings is 2. The Morgan fingerprint density at radius 1 is 0.900 bits per heavy atom. The maximum absolute atomic E-state index is 10.6. The van der Waals surface area contributed by atoms with Crippen molar-refractivity contribution in [3.8, 4) is 0 Å². The summed E-state index contributed by atoms with van der Waals surface area (Å²) in [7, 11) is 0. The third-order valence-electron chi connectivity index (χ3n) is 5.81. The van der Waals surface area contributed by atoms with Crippen LogP contribution in [0.25, 0.3) is 10.9 Å². The fourth-order valence-electron chi connectivity index (χ4n) is 4.08. The standard InChI is InChI=1S/C23H27NO6/c1-13-2-7-17-16(9-14-3-5-15(11-25)6-4-14)10-24(18(17)8-13)23-22(29)21(28)20(27)19(12-26)30-23/h2-8,10,19-23,25-29H,9,11-12H2,1H3/t19-,20-,21+,22-,23-/m1/s1. The van der Waals surface area contributed by atoms with Gasteiger partial charge in [-0.1, -0.05) is 36.4 Å². The molecule has 160 valence electrons. The van der Waals surface area contributed by atoms with E-state index in [1.165, 1.54) is 0 Å². The molecule has 0 aliphatic carbocycles. The fourth-order valence-corrected chi connectivity index (χ4v) is 4.08. The van der Waals surface area contributed by atoms with Crippen LogP contribution in [0.5, 0.6) is 0 Å². The van der Waals surface area contributed by atoms with Gasteiger partial charge in [0, 0.05) is 11.6 Å². The number of hydrogen-bond donors (Lipinski definition) is 5. The van der Waals surface area contributed by atoms with Gasteiger partial charge in [0.05, 0.1) is 18.7 Å². The van der Waals surface area contributed by atoms with E-state index in [1.807, 2.05) is 55.6 Å². The summed E-state index contributed by atoms with van der Waals surface area (Å²) >= 11 is 0. The van der Waals surface area contributed by atoms with Gasteiger partial charge < -0.3 is 34.8 Å². The number of aliphatic hydroxyl groups excluding tert-OH is 5. The quantitative estimate of drug-likeness (QED) is 0.426. The summed E-state index contributed by atoms with van der Waals surface area (Å²) < 4.78 is 7.55. The number of ether oxygens (including phenoxy) is 1. The van der Waals surface area contributed by atoms with Crippen LogP contribution < -0.4 is 0 Å². The van der Waals surface area contributed by atoms with Crippen LogP contribution >= 0.6 is 0 Å². The molecule has 0 amide bonds. The molecule has 2 heterocycles. The van der Waals surface area contributed by atoms with E-state index >= 15 is 0 Å². The van der Waals surface area contributed by atoms with Crippen molar-refractivity contribution in [2.75, 3.05) is 6.61 Å². The second-order valence-electron chi connectivity index (χ2n) is 7.95. The van der Waals surface area contributed by atoms with Crippen LogP contribution in [0, 0.1) is 6.92 Å². The lowest BCUT2D eigenvalue weighted by molar-refractivity contribution is -0.250. The minimum atomic E-state index is -1.43. The molecule has 1 saturated heterocycles. The van der Waals surface area contributed by atoms with E-state index in [2.05, 4.69) is 0 Å². The number of rotatable bonds is 5. The molecule has 1 aliphatic heterocycles. The van der Waals surface area contributed by atoms with Crippen molar-refractivity contribution in [3.63, 3.8) is 0 Å². The SMILES string of the molecule is Cc1ccc2c(Cc3ccc(CO)cc3)cn([C@@H]3O[C@H](CO)[C@@H](O)[C@H](O)[C@H]3O)c2c1. The number of aliphatic hydroxyl groups is 5. The van der Waals surface area contributed by atoms with Crippen LogP contribution in [-0.4, -0.2) is 61.1 Å². The van der Waals surface area contributed by atoms with E-state index in [0.717, 1.165) is 33.2 Å². The Morgan fingerprint density at radius 3 is 2.27 bits per heavy atom. The lowest BCUT2D eigenvalue weighted by Crippen LogP contribution is -2.56. The van der Waals surface area contributed by atoms with Gasteiger partial charge in [-0.15, -0.1) is 0 Å². The minimum absolute atomic E-state index is 0.00399. The van der Waals surface area contributed by atoms with Gasteiger partial charge in [-0.3, -0.25) is 0 Å². The topological polar surface area (TPSA) is 115 Å². The third-order valence-corrected chi connectivity index (χ3v) is 5.81. The highest BCUT2D eigenvalue weighted by molar-refractivity contribution is 5.85. The summed E-state index contributed by atoms with van der Waals surface area (Å²) in [6.07, 6.45) is -3.57. The molecule has 7 heteroatoms. The van der Waals surface area contributed by atoms with Crippen LogP contribution in [0.2, 0.25) is 0 Å². The Bertz CT molecular complexity index is 1010. The van der Waals surface area contributed by atoms with Crippen molar-refractivity contribution >= 4 is 10.9 Å². The maximum atomic E-state index is 10.6. The van der Waals surface area contributed by atoms with Crippen LogP contribution in [0.15, 0.2) is 48.7 Å². The summed E-state index contributed by atoms with van der Waals surface area (Å²) in [4.78, 5) is 0. The van der Waals surface area contributed by atoms with E-state index < -0.39 is 37.3 Å². The first-order valence-electron chi connectivity index (χ1n) is 10.0. The summed E-state index contributed by atoms with van der Waals surface area (Å²) in [6.45, 7) is 1.50. The van der Waals surface area contributed by atoms with Gasteiger partial charge in [0.2, 0.25) is 0 Å². The largest absolute Gasteiger partial charge is 0.394 e. The summed E-state index contributed by atoms with van der Waals surface area (Å²) in [5.74, 6) is 0. The zero-order valence-electron chi connectivity index (χ0n) is 16.7. The van der Waals surface area contributed by atoms with Crippen LogP contribution in [0.1, 0.15) is 28.5 Å². The van der Waals surface area contributed by atoms with Gasteiger partial charge >= 0.3 is 0 Å². The summed E-state index contributed by atoms with van der Waals surface area (Å²) in [5.41, 5.74) is 4.80. The molecule has 1 aromatic heterocycles. The Kier molecular flexibility index (Phi) is 5.92. The second kappa shape index (κ2) is 8.47. The smallest absolute Gasteiger partial charge is 0.163 e. The third kappa shape index (κ3) is 3.76. The molecular formula is C23H27NO6. The van der Waals surface area contributed by atoms with Crippen molar-refractivity contribution in [2.45, 2.75) is 50.6 Å². The molecule has 2 aromatic carbocycles. The molecule has 0 spiro atoms. The predicted octanol–water partition coefficient (Wildman–Crippen LogP) is 1.01. The van der Waals surface area contributed by atoms with Gasteiger partial charge in [-0.25, -0.2) is 0 Å². The maximum Gasteiger partial charge on any atom is 0.163 e. The number of aromatic nitrogens is 1. The van der Waals surface area contributed by atoms with Crippen molar-refractivity contribution in [1.29, 1.82) is 0 Å². The van der Waals surface area contributed by atoms with E-state index in [1.54, 1.807) is 4.57 Å². The molecular weight excluding hydrogens is 386 g/mol. The van der Waals surface area contributed by atoms with E-state index in [4.69, 9.17) is 4.74 Å². The van der Waals surface area contributed by atoms with E-state index in [9.17, 15) is 25.5 Å². The molecule has 0 unspecified atom stereocenters. The highest BCUT2D eigenvalue weighted by atomic mass is 16.6. The fraction of sp³-hybridized carbons (Fsp3) is 0.391. The number of nitrogens with zero attached hydrogens (tertiary/aromatic N) is 1. The Morgan fingerprint density at radius 2 is 1.60 bits per heavy atom. The average molecular weight is 413 g/mol. The molecule has 0 saturated carbocycles. The van der Waals surface area contributed by atoms with Gasteiger partial charge in [0.1, 0.15) is 24.4 Å². The zero-order chi connectivity index (χ0) is 21.4. The molecule has 0 bridgehead atoms. The lowest BCUT2D eigenvalue weighted by atomic mass is 9.98. The first-order chi connectivity index (χ1) is 14.4. The Labute approximate surface area is 174 Å². The van der Waals surface area contributed by atoms with Crippen molar-refractivity contribution in [3.05, 3.63) is 70.9 Å². The first kappa shape index (κ1) is 21.0. The molecule has 3 aromatic rings. The molecule has 1 aliphatic rings. The first-order valence-corrected chi connectivity index (χ1v) is 10.0. The zero-order valence-corrected chi connectivity index (χ0v) is 16.7. The van der Waals surface area contributed by atoms with Crippen molar-refractivity contribution in [2.24, 2.45) is 0 Å². The van der Waals surface area contributed by atoms with E-state index in [0.29, 0.717) is 6.42 Å². The number of fused-ring (bicyclic) bond motifs is 1.